The summed E-state index contributed by atoms with van der Waals surface area (Å²) in [5.74, 6) is -1.71. The van der Waals surface area contributed by atoms with Gasteiger partial charge in [-0.05, 0) is 44.7 Å². The summed E-state index contributed by atoms with van der Waals surface area (Å²) in [7, 11) is -3.57. The van der Waals surface area contributed by atoms with E-state index in [0.717, 1.165) is 5.56 Å². The largest absolute Gasteiger partial charge is 0.481 e. The minimum absolute atomic E-state index is 0.196. The highest BCUT2D eigenvalue weighted by Gasteiger charge is 2.39. The molecule has 1 aromatic carbocycles. The Morgan fingerprint density at radius 2 is 1.76 bits per heavy atom. The average molecular weight is 312 g/mol. The molecule has 2 rings (SSSR count). The van der Waals surface area contributed by atoms with Crippen molar-refractivity contribution < 1.29 is 23.4 Å². The Bertz CT molecular complexity index is 610. The van der Waals surface area contributed by atoms with Gasteiger partial charge in [-0.2, -0.15) is 0 Å². The molecule has 0 heterocycles. The summed E-state index contributed by atoms with van der Waals surface area (Å²) in [5, 5.41) is 19.4. The van der Waals surface area contributed by atoms with Gasteiger partial charge in [-0.3, -0.25) is 4.79 Å². The first-order valence-corrected chi connectivity index (χ1v) is 8.62. The minimum atomic E-state index is -3.57. The van der Waals surface area contributed by atoms with Gasteiger partial charge in [-0.15, -0.1) is 0 Å². The molecule has 0 bridgehead atoms. The summed E-state index contributed by atoms with van der Waals surface area (Å²) < 4.78 is 24.7. The van der Waals surface area contributed by atoms with Gasteiger partial charge in [-0.25, -0.2) is 8.42 Å². The van der Waals surface area contributed by atoms with Crippen molar-refractivity contribution in [2.45, 2.75) is 43.1 Å². The van der Waals surface area contributed by atoms with Crippen LogP contribution in [0.2, 0.25) is 0 Å². The Labute approximate surface area is 124 Å². The fourth-order valence-electron chi connectivity index (χ4n) is 2.73. The van der Waals surface area contributed by atoms with Gasteiger partial charge in [0.25, 0.3) is 0 Å². The molecule has 1 saturated carbocycles. The number of sulfone groups is 1. The van der Waals surface area contributed by atoms with Crippen LogP contribution < -0.4 is 0 Å². The van der Waals surface area contributed by atoms with Crippen LogP contribution in [0.4, 0.5) is 0 Å². The Balaban J connectivity index is 2.10. The van der Waals surface area contributed by atoms with Gasteiger partial charge >= 0.3 is 5.97 Å². The van der Waals surface area contributed by atoms with Crippen LogP contribution in [0.5, 0.6) is 0 Å². The number of aryl methyl sites for hydroxylation is 1. The van der Waals surface area contributed by atoms with E-state index in [4.69, 9.17) is 5.11 Å². The van der Waals surface area contributed by atoms with Crippen molar-refractivity contribution in [2.75, 3.05) is 5.75 Å². The number of carbonyl (C=O) groups is 1. The summed E-state index contributed by atoms with van der Waals surface area (Å²) in [6.07, 6.45) is 1.04. The summed E-state index contributed by atoms with van der Waals surface area (Å²) in [4.78, 5) is 11.1. The van der Waals surface area contributed by atoms with Crippen molar-refractivity contribution in [1.82, 2.24) is 0 Å². The SMILES string of the molecule is Cc1ccc(S(=O)(=O)CC2(O)CCC(C(=O)O)CC2)cc1. The zero-order chi connectivity index (χ0) is 15.7. The molecule has 0 atom stereocenters. The van der Waals surface area contributed by atoms with Crippen LogP contribution in [-0.2, 0) is 14.6 Å². The maximum Gasteiger partial charge on any atom is 0.306 e. The van der Waals surface area contributed by atoms with Crippen molar-refractivity contribution in [2.24, 2.45) is 5.92 Å². The van der Waals surface area contributed by atoms with Gasteiger partial charge in [0.05, 0.1) is 22.2 Å². The Hall–Kier alpha value is -1.40. The van der Waals surface area contributed by atoms with E-state index in [1.165, 1.54) is 12.1 Å². The lowest BCUT2D eigenvalue weighted by atomic mass is 9.80. The highest BCUT2D eigenvalue weighted by molar-refractivity contribution is 7.91. The zero-order valence-corrected chi connectivity index (χ0v) is 12.8. The molecule has 0 spiro atoms. The highest BCUT2D eigenvalue weighted by Crippen LogP contribution is 2.34. The van der Waals surface area contributed by atoms with Gasteiger partial charge in [0.1, 0.15) is 0 Å². The van der Waals surface area contributed by atoms with Crippen LogP contribution >= 0.6 is 0 Å². The molecule has 1 fully saturated rings. The molecule has 0 amide bonds. The second-order valence-corrected chi connectivity index (χ2v) is 7.90. The van der Waals surface area contributed by atoms with Crippen LogP contribution in [0.3, 0.4) is 0 Å². The quantitative estimate of drug-likeness (QED) is 0.884. The minimum Gasteiger partial charge on any atom is -0.481 e. The standard InChI is InChI=1S/C15H20O5S/c1-11-2-4-13(5-3-11)21(19,20)10-15(18)8-6-12(7-9-15)14(16)17/h2-5,12,18H,6-10H2,1H3,(H,16,17). The topological polar surface area (TPSA) is 91.7 Å². The molecule has 1 aliphatic carbocycles. The zero-order valence-electron chi connectivity index (χ0n) is 11.9. The van der Waals surface area contributed by atoms with Gasteiger partial charge < -0.3 is 10.2 Å². The van der Waals surface area contributed by atoms with Crippen molar-refractivity contribution in [1.29, 1.82) is 0 Å². The number of carboxylic acid groups (broad SMARTS) is 1. The van der Waals surface area contributed by atoms with Gasteiger partial charge in [-0.1, -0.05) is 17.7 Å². The number of benzene rings is 1. The first kappa shape index (κ1) is 16.0. The lowest BCUT2D eigenvalue weighted by Crippen LogP contribution is -2.42. The molecule has 0 aromatic heterocycles. The highest BCUT2D eigenvalue weighted by atomic mass is 32.2. The van der Waals surface area contributed by atoms with Crippen LogP contribution in [0.25, 0.3) is 0 Å². The second-order valence-electron chi connectivity index (χ2n) is 5.91. The molecule has 1 aromatic rings. The maximum absolute atomic E-state index is 12.4. The molecule has 0 saturated heterocycles. The summed E-state index contributed by atoms with van der Waals surface area (Å²) in [6.45, 7) is 1.87. The molecule has 0 aliphatic heterocycles. The number of hydrogen-bond acceptors (Lipinski definition) is 4. The predicted octanol–water partition coefficient (Wildman–Crippen LogP) is 1.77. The van der Waals surface area contributed by atoms with Crippen LogP contribution in [0, 0.1) is 12.8 Å². The van der Waals surface area contributed by atoms with E-state index in [1.54, 1.807) is 12.1 Å². The number of carboxylic acids is 1. The summed E-state index contributed by atoms with van der Waals surface area (Å²) >= 11 is 0. The molecular formula is C15H20O5S. The normalized spacial score (nSPS) is 26.5. The van der Waals surface area contributed by atoms with Gasteiger partial charge in [0, 0.05) is 0 Å². The average Bonchev–Trinajstić information content (AvgIpc) is 2.38. The van der Waals surface area contributed by atoms with E-state index in [9.17, 15) is 18.3 Å². The molecular weight excluding hydrogens is 292 g/mol. The monoisotopic (exact) mass is 312 g/mol. The maximum atomic E-state index is 12.4. The number of rotatable bonds is 4. The smallest absolute Gasteiger partial charge is 0.306 e. The van der Waals surface area contributed by atoms with E-state index in [0.29, 0.717) is 12.8 Å². The number of aliphatic carboxylic acids is 1. The molecule has 0 unspecified atom stereocenters. The fourth-order valence-corrected chi connectivity index (χ4v) is 4.44. The van der Waals surface area contributed by atoms with Crippen molar-refractivity contribution in [3.8, 4) is 0 Å². The second kappa shape index (κ2) is 5.77. The molecule has 6 heteroatoms. The number of aliphatic hydroxyl groups is 1. The molecule has 116 valence electrons. The molecule has 21 heavy (non-hydrogen) atoms. The predicted molar refractivity (Wildman–Crippen MR) is 77.8 cm³/mol. The van der Waals surface area contributed by atoms with E-state index >= 15 is 0 Å². The van der Waals surface area contributed by atoms with E-state index in [1.807, 2.05) is 6.92 Å². The summed E-state index contributed by atoms with van der Waals surface area (Å²) in [6, 6.07) is 6.52. The molecule has 0 radical (unpaired) electrons. The fraction of sp³-hybridized carbons (Fsp3) is 0.533. The third kappa shape index (κ3) is 3.83. The third-order valence-corrected chi connectivity index (χ3v) is 6.01. The number of hydrogen-bond donors (Lipinski definition) is 2. The van der Waals surface area contributed by atoms with Crippen LogP contribution in [0.15, 0.2) is 29.2 Å². The lowest BCUT2D eigenvalue weighted by molar-refractivity contribution is -0.144. The molecule has 1 aliphatic rings. The van der Waals surface area contributed by atoms with E-state index < -0.39 is 27.3 Å². The molecule has 2 N–H and O–H groups in total. The third-order valence-electron chi connectivity index (χ3n) is 4.10. The lowest BCUT2D eigenvalue weighted by Gasteiger charge is -2.34. The summed E-state index contributed by atoms with van der Waals surface area (Å²) in [5.41, 5.74) is -0.356. The van der Waals surface area contributed by atoms with Crippen molar-refractivity contribution in [3.63, 3.8) is 0 Å². The van der Waals surface area contributed by atoms with E-state index in [2.05, 4.69) is 0 Å². The van der Waals surface area contributed by atoms with Crippen molar-refractivity contribution in [3.05, 3.63) is 29.8 Å². The van der Waals surface area contributed by atoms with Crippen LogP contribution in [-0.4, -0.2) is 36.0 Å². The first-order chi connectivity index (χ1) is 9.72. The Kier molecular flexibility index (Phi) is 4.39. The molecule has 5 nitrogen and oxygen atoms in total. The van der Waals surface area contributed by atoms with Gasteiger partial charge in [0.2, 0.25) is 0 Å². The first-order valence-electron chi connectivity index (χ1n) is 6.96. The van der Waals surface area contributed by atoms with E-state index in [-0.39, 0.29) is 23.5 Å². The van der Waals surface area contributed by atoms with Crippen molar-refractivity contribution >= 4 is 15.8 Å². The Morgan fingerprint density at radius 1 is 1.24 bits per heavy atom. The Morgan fingerprint density at radius 3 is 2.24 bits per heavy atom. The van der Waals surface area contributed by atoms with Gasteiger partial charge in [0.15, 0.2) is 9.84 Å². The van der Waals surface area contributed by atoms with Crippen LogP contribution in [0.1, 0.15) is 31.2 Å².